The Morgan fingerprint density at radius 2 is 2.05 bits per heavy atom. The van der Waals surface area contributed by atoms with Gasteiger partial charge in [0, 0.05) is 6.04 Å². The van der Waals surface area contributed by atoms with E-state index >= 15 is 0 Å². The predicted octanol–water partition coefficient (Wildman–Crippen LogP) is 2.11. The van der Waals surface area contributed by atoms with E-state index in [1.54, 1.807) is 12.1 Å². The second kappa shape index (κ2) is 6.35. The van der Waals surface area contributed by atoms with E-state index in [9.17, 15) is 4.79 Å². The van der Waals surface area contributed by atoms with Crippen LogP contribution in [-0.2, 0) is 9.53 Å². The number of benzene rings is 1. The van der Waals surface area contributed by atoms with Crippen molar-refractivity contribution < 1.29 is 14.3 Å². The molecule has 5 nitrogen and oxygen atoms in total. The van der Waals surface area contributed by atoms with Gasteiger partial charge >= 0.3 is 5.97 Å². The van der Waals surface area contributed by atoms with Crippen molar-refractivity contribution in [2.75, 3.05) is 12.3 Å². The Morgan fingerprint density at radius 1 is 1.38 bits per heavy atom. The summed E-state index contributed by atoms with van der Waals surface area (Å²) in [5.41, 5.74) is 5.89. The van der Waals surface area contributed by atoms with Gasteiger partial charge in [0.25, 0.3) is 0 Å². The third-order valence-electron chi connectivity index (χ3n) is 3.03. The molecular formula is C16H24N2O3. The quantitative estimate of drug-likeness (QED) is 0.620. The number of ether oxygens (including phenoxy) is 2. The molecular weight excluding hydrogens is 268 g/mol. The summed E-state index contributed by atoms with van der Waals surface area (Å²) in [5, 5.41) is 3.26. The van der Waals surface area contributed by atoms with Crippen molar-refractivity contribution in [3.8, 4) is 5.75 Å². The van der Waals surface area contributed by atoms with E-state index in [2.05, 4.69) is 5.32 Å². The van der Waals surface area contributed by atoms with E-state index < -0.39 is 11.6 Å². The second-order valence-electron chi connectivity index (χ2n) is 6.38. The van der Waals surface area contributed by atoms with Crippen molar-refractivity contribution in [2.45, 2.75) is 51.3 Å². The molecule has 0 aliphatic heterocycles. The smallest absolute Gasteiger partial charge is 0.327 e. The molecule has 1 aliphatic rings. The van der Waals surface area contributed by atoms with Crippen LogP contribution in [0.4, 0.5) is 5.69 Å². The number of nitrogens with one attached hydrogen (secondary N) is 1. The zero-order chi connectivity index (χ0) is 15.5. The lowest BCUT2D eigenvalue weighted by Crippen LogP contribution is -2.46. The van der Waals surface area contributed by atoms with Gasteiger partial charge < -0.3 is 15.2 Å². The van der Waals surface area contributed by atoms with Crippen LogP contribution < -0.4 is 15.8 Å². The van der Waals surface area contributed by atoms with Gasteiger partial charge in [0.15, 0.2) is 0 Å². The predicted molar refractivity (Wildman–Crippen MR) is 82.1 cm³/mol. The van der Waals surface area contributed by atoms with Gasteiger partial charge in [-0.3, -0.25) is 10.1 Å². The topological polar surface area (TPSA) is 73.6 Å². The highest BCUT2D eigenvalue weighted by molar-refractivity contribution is 5.76. The van der Waals surface area contributed by atoms with Gasteiger partial charge in [-0.2, -0.15) is 0 Å². The molecule has 0 saturated heterocycles. The van der Waals surface area contributed by atoms with E-state index in [0.717, 1.165) is 12.8 Å². The van der Waals surface area contributed by atoms with Crippen LogP contribution in [0.25, 0.3) is 0 Å². The maximum atomic E-state index is 12.2. The Labute approximate surface area is 125 Å². The van der Waals surface area contributed by atoms with Gasteiger partial charge in [-0.05, 0) is 45.7 Å². The summed E-state index contributed by atoms with van der Waals surface area (Å²) in [6, 6.07) is 7.17. The fourth-order valence-corrected chi connectivity index (χ4v) is 1.88. The van der Waals surface area contributed by atoms with Crippen LogP contribution in [0, 0.1) is 0 Å². The lowest BCUT2D eigenvalue weighted by atomic mass is 10.2. The van der Waals surface area contributed by atoms with Crippen molar-refractivity contribution >= 4 is 11.7 Å². The molecule has 116 valence electrons. The number of nitrogen functional groups attached to an aromatic ring is 1. The van der Waals surface area contributed by atoms with E-state index in [4.69, 9.17) is 15.2 Å². The molecule has 1 aromatic rings. The zero-order valence-electron chi connectivity index (χ0n) is 12.9. The minimum absolute atomic E-state index is 0.208. The molecule has 1 atom stereocenters. The lowest BCUT2D eigenvalue weighted by Gasteiger charge is -2.24. The van der Waals surface area contributed by atoms with E-state index in [1.807, 2.05) is 32.9 Å². The molecule has 0 aromatic heterocycles. The number of nitrogens with two attached hydrogens (primary N) is 1. The van der Waals surface area contributed by atoms with Crippen LogP contribution in [0.3, 0.4) is 0 Å². The van der Waals surface area contributed by atoms with Gasteiger partial charge in [0.1, 0.15) is 24.0 Å². The first-order chi connectivity index (χ1) is 9.85. The number of carbonyl (C=O) groups excluding carboxylic acids is 1. The van der Waals surface area contributed by atoms with E-state index in [-0.39, 0.29) is 12.6 Å². The van der Waals surface area contributed by atoms with Crippen molar-refractivity contribution in [1.82, 2.24) is 5.32 Å². The normalized spacial score (nSPS) is 16.3. The number of hydrogen-bond acceptors (Lipinski definition) is 5. The summed E-state index contributed by atoms with van der Waals surface area (Å²) in [6.07, 6.45) is 2.18. The summed E-state index contributed by atoms with van der Waals surface area (Å²) in [5.74, 6) is 0.299. The fourth-order valence-electron chi connectivity index (χ4n) is 1.88. The minimum atomic E-state index is -0.508. The number of hydrogen-bond donors (Lipinski definition) is 2. The number of rotatable bonds is 6. The van der Waals surface area contributed by atoms with Crippen LogP contribution in [0.1, 0.15) is 33.6 Å². The molecule has 1 aliphatic carbocycles. The Kier molecular flexibility index (Phi) is 4.73. The van der Waals surface area contributed by atoms with Gasteiger partial charge in [-0.25, -0.2) is 0 Å². The van der Waals surface area contributed by atoms with Crippen LogP contribution in [0.15, 0.2) is 24.3 Å². The van der Waals surface area contributed by atoms with Crippen LogP contribution in [0.2, 0.25) is 0 Å². The molecule has 1 fully saturated rings. The molecule has 0 amide bonds. The molecule has 0 unspecified atom stereocenters. The summed E-state index contributed by atoms with van der Waals surface area (Å²) >= 11 is 0. The van der Waals surface area contributed by atoms with Crippen molar-refractivity contribution in [2.24, 2.45) is 0 Å². The third-order valence-corrected chi connectivity index (χ3v) is 3.03. The maximum Gasteiger partial charge on any atom is 0.327 e. The fraction of sp³-hybridized carbons (Fsp3) is 0.562. The summed E-state index contributed by atoms with van der Waals surface area (Å²) in [6.45, 7) is 5.78. The largest absolute Gasteiger partial charge is 0.489 e. The second-order valence-corrected chi connectivity index (χ2v) is 6.38. The average Bonchev–Trinajstić information content (AvgIpc) is 3.18. The van der Waals surface area contributed by atoms with Gasteiger partial charge in [-0.15, -0.1) is 0 Å². The molecule has 0 spiro atoms. The average molecular weight is 292 g/mol. The highest BCUT2D eigenvalue weighted by atomic mass is 16.6. The molecule has 1 aromatic carbocycles. The number of esters is 1. The maximum absolute atomic E-state index is 12.2. The third kappa shape index (κ3) is 5.27. The van der Waals surface area contributed by atoms with Gasteiger partial charge in [0.05, 0.1) is 5.69 Å². The molecule has 21 heavy (non-hydrogen) atoms. The SMILES string of the molecule is CC(C)(C)OC(=O)[C@H](COc1ccccc1N)NC1CC1. The summed E-state index contributed by atoms with van der Waals surface area (Å²) in [4.78, 5) is 12.2. The first kappa shape index (κ1) is 15.6. The van der Waals surface area contributed by atoms with Gasteiger partial charge in [0.2, 0.25) is 0 Å². The Balaban J connectivity index is 1.96. The van der Waals surface area contributed by atoms with E-state index in [0.29, 0.717) is 17.5 Å². The van der Waals surface area contributed by atoms with Gasteiger partial charge in [-0.1, -0.05) is 12.1 Å². The molecule has 0 radical (unpaired) electrons. The molecule has 0 bridgehead atoms. The Bertz CT molecular complexity index is 493. The summed E-state index contributed by atoms with van der Waals surface area (Å²) in [7, 11) is 0. The molecule has 3 N–H and O–H groups in total. The number of para-hydroxylation sites is 2. The molecule has 2 rings (SSSR count). The monoisotopic (exact) mass is 292 g/mol. The highest BCUT2D eigenvalue weighted by Gasteiger charge is 2.31. The van der Waals surface area contributed by atoms with Crippen molar-refractivity contribution in [1.29, 1.82) is 0 Å². The lowest BCUT2D eigenvalue weighted by molar-refractivity contribution is -0.158. The molecule has 1 saturated carbocycles. The first-order valence-electron chi connectivity index (χ1n) is 7.31. The number of anilines is 1. The van der Waals surface area contributed by atoms with Crippen LogP contribution >= 0.6 is 0 Å². The summed E-state index contributed by atoms with van der Waals surface area (Å²) < 4.78 is 11.1. The number of carbonyl (C=O) groups is 1. The minimum Gasteiger partial charge on any atom is -0.489 e. The van der Waals surface area contributed by atoms with Crippen molar-refractivity contribution in [3.63, 3.8) is 0 Å². The zero-order valence-corrected chi connectivity index (χ0v) is 12.9. The Morgan fingerprint density at radius 3 is 2.62 bits per heavy atom. The standard InChI is InChI=1S/C16H24N2O3/c1-16(2,3)21-15(19)13(18-11-8-9-11)10-20-14-7-5-4-6-12(14)17/h4-7,11,13,18H,8-10,17H2,1-3H3/t13-/m0/s1. The Hall–Kier alpha value is -1.75. The first-order valence-corrected chi connectivity index (χ1v) is 7.31. The van der Waals surface area contributed by atoms with Crippen LogP contribution in [0.5, 0.6) is 5.75 Å². The van der Waals surface area contributed by atoms with Crippen LogP contribution in [-0.4, -0.2) is 30.3 Å². The highest BCUT2D eigenvalue weighted by Crippen LogP contribution is 2.22. The van der Waals surface area contributed by atoms with E-state index in [1.165, 1.54) is 0 Å². The molecule has 5 heteroatoms. The molecule has 0 heterocycles. The van der Waals surface area contributed by atoms with Crippen molar-refractivity contribution in [3.05, 3.63) is 24.3 Å².